The lowest BCUT2D eigenvalue weighted by Gasteiger charge is -2.15. The van der Waals surface area contributed by atoms with E-state index in [1.54, 1.807) is 18.4 Å². The number of aromatic amines is 1. The predicted octanol–water partition coefficient (Wildman–Crippen LogP) is 2.75. The molecule has 30 heavy (non-hydrogen) atoms. The van der Waals surface area contributed by atoms with Crippen LogP contribution in [0.15, 0.2) is 35.1 Å². The fraction of sp³-hybridized carbons (Fsp3) is 0.417. The van der Waals surface area contributed by atoms with E-state index in [0.29, 0.717) is 17.1 Å². The van der Waals surface area contributed by atoms with Gasteiger partial charge in [0.2, 0.25) is 0 Å². The second-order valence-electron chi connectivity index (χ2n) is 8.76. The number of hydrogen-bond donors (Lipinski definition) is 2. The van der Waals surface area contributed by atoms with Crippen LogP contribution in [-0.2, 0) is 6.54 Å². The van der Waals surface area contributed by atoms with Crippen LogP contribution in [0.5, 0.6) is 0 Å². The van der Waals surface area contributed by atoms with Crippen LogP contribution < -0.4 is 5.56 Å². The van der Waals surface area contributed by atoms with Gasteiger partial charge in [-0.15, -0.1) is 0 Å². The van der Waals surface area contributed by atoms with Crippen molar-refractivity contribution >= 4 is 5.65 Å². The van der Waals surface area contributed by atoms with Gasteiger partial charge in [0.1, 0.15) is 5.60 Å². The quantitative estimate of drug-likeness (QED) is 0.659. The van der Waals surface area contributed by atoms with E-state index in [2.05, 4.69) is 39.0 Å². The lowest BCUT2D eigenvalue weighted by atomic mass is 10.1. The van der Waals surface area contributed by atoms with Crippen molar-refractivity contribution in [1.82, 2.24) is 19.5 Å². The summed E-state index contributed by atoms with van der Waals surface area (Å²) in [5.41, 5.74) is 4.38. The van der Waals surface area contributed by atoms with Crippen LogP contribution in [0.25, 0.3) is 5.65 Å². The molecule has 1 aromatic carbocycles. The van der Waals surface area contributed by atoms with E-state index in [9.17, 15) is 9.90 Å². The van der Waals surface area contributed by atoms with Gasteiger partial charge in [0.15, 0.2) is 5.65 Å². The van der Waals surface area contributed by atoms with Crippen molar-refractivity contribution in [3.8, 4) is 11.8 Å². The lowest BCUT2D eigenvalue weighted by molar-refractivity contribution is 0.143. The molecule has 0 spiro atoms. The summed E-state index contributed by atoms with van der Waals surface area (Å²) in [5, 5.41) is 13.0. The minimum absolute atomic E-state index is 0.0219. The van der Waals surface area contributed by atoms with Gasteiger partial charge in [-0.3, -0.25) is 14.8 Å². The zero-order valence-corrected chi connectivity index (χ0v) is 18.0. The summed E-state index contributed by atoms with van der Waals surface area (Å²) in [7, 11) is 0. The second kappa shape index (κ2) is 7.75. The molecule has 0 saturated carbocycles. The molecule has 3 aromatic rings. The highest BCUT2D eigenvalue weighted by Gasteiger charge is 2.26. The number of rotatable bonds is 3. The molecule has 6 nitrogen and oxygen atoms in total. The third kappa shape index (κ3) is 4.33. The number of nitrogens with zero attached hydrogens (tertiary/aromatic N) is 3. The molecule has 0 amide bonds. The standard InChI is InChI=1S/C24H28N4O2/c1-16-17(2)25-22-13-21(26-28(22)23(16)29)20-10-12-27(15-20)14-19-7-5-18(6-8-19)9-11-24(3,4)30/h5-8,13,20,26,30H,10,12,14-15H2,1-4H3. The highest BCUT2D eigenvalue weighted by molar-refractivity contribution is 5.42. The Labute approximate surface area is 176 Å². The molecule has 1 fully saturated rings. The highest BCUT2D eigenvalue weighted by Crippen LogP contribution is 2.27. The van der Waals surface area contributed by atoms with Gasteiger partial charge in [0, 0.05) is 47.6 Å². The van der Waals surface area contributed by atoms with Gasteiger partial charge in [-0.2, -0.15) is 0 Å². The molecule has 3 heterocycles. The van der Waals surface area contributed by atoms with E-state index in [1.165, 1.54) is 5.56 Å². The second-order valence-corrected chi connectivity index (χ2v) is 8.76. The summed E-state index contributed by atoms with van der Waals surface area (Å²) in [6.45, 7) is 9.89. The SMILES string of the molecule is Cc1nc2cc(C3CCN(Cc4ccc(C#CC(C)(C)O)cc4)C3)[nH]n2c(=O)c1C. The summed E-state index contributed by atoms with van der Waals surface area (Å²) >= 11 is 0. The van der Waals surface area contributed by atoms with Crippen molar-refractivity contribution in [3.05, 3.63) is 68.8 Å². The molecular formula is C24H28N4O2. The van der Waals surface area contributed by atoms with E-state index in [4.69, 9.17) is 0 Å². The first kappa shape index (κ1) is 20.4. The molecular weight excluding hydrogens is 376 g/mol. The zero-order valence-electron chi connectivity index (χ0n) is 18.0. The van der Waals surface area contributed by atoms with E-state index in [1.807, 2.05) is 32.0 Å². The molecule has 0 aliphatic carbocycles. The average molecular weight is 405 g/mol. The van der Waals surface area contributed by atoms with E-state index >= 15 is 0 Å². The number of H-pyrrole nitrogens is 1. The van der Waals surface area contributed by atoms with Gasteiger partial charge in [0.25, 0.3) is 5.56 Å². The molecule has 4 rings (SSSR count). The first-order valence-corrected chi connectivity index (χ1v) is 10.4. The Morgan fingerprint density at radius 3 is 2.70 bits per heavy atom. The number of aryl methyl sites for hydroxylation is 1. The van der Waals surface area contributed by atoms with Crippen LogP contribution in [0.2, 0.25) is 0 Å². The minimum atomic E-state index is -0.982. The van der Waals surface area contributed by atoms with E-state index < -0.39 is 5.60 Å². The van der Waals surface area contributed by atoms with Gasteiger partial charge < -0.3 is 5.11 Å². The normalized spacial score (nSPS) is 17.3. The molecule has 1 atom stereocenters. The molecule has 6 heteroatoms. The predicted molar refractivity (Wildman–Crippen MR) is 118 cm³/mol. The molecule has 1 aliphatic rings. The van der Waals surface area contributed by atoms with Crippen LogP contribution in [-0.4, -0.2) is 43.3 Å². The fourth-order valence-electron chi connectivity index (χ4n) is 3.85. The Bertz CT molecular complexity index is 1190. The van der Waals surface area contributed by atoms with Crippen molar-refractivity contribution in [2.24, 2.45) is 0 Å². The maximum atomic E-state index is 12.5. The summed E-state index contributed by atoms with van der Waals surface area (Å²) in [6.07, 6.45) is 1.05. The molecule has 156 valence electrons. The number of fused-ring (bicyclic) bond motifs is 1. The number of nitrogens with one attached hydrogen (secondary N) is 1. The number of benzene rings is 1. The fourth-order valence-corrected chi connectivity index (χ4v) is 3.85. The monoisotopic (exact) mass is 404 g/mol. The van der Waals surface area contributed by atoms with Crippen molar-refractivity contribution in [2.45, 2.75) is 52.2 Å². The number of aliphatic hydroxyl groups is 1. The smallest absolute Gasteiger partial charge is 0.275 e. The zero-order chi connectivity index (χ0) is 21.5. The minimum Gasteiger partial charge on any atom is -0.378 e. The Hall–Kier alpha value is -2.88. The molecule has 0 radical (unpaired) electrons. The third-order valence-corrected chi connectivity index (χ3v) is 5.69. The van der Waals surface area contributed by atoms with Crippen molar-refractivity contribution < 1.29 is 5.11 Å². The Balaban J connectivity index is 1.44. The number of hydrogen-bond acceptors (Lipinski definition) is 4. The van der Waals surface area contributed by atoms with Crippen molar-refractivity contribution in [2.75, 3.05) is 13.1 Å². The van der Waals surface area contributed by atoms with Crippen LogP contribution >= 0.6 is 0 Å². The first-order valence-electron chi connectivity index (χ1n) is 10.4. The summed E-state index contributed by atoms with van der Waals surface area (Å²) in [5.74, 6) is 6.21. The van der Waals surface area contributed by atoms with E-state index in [0.717, 1.165) is 43.0 Å². The summed E-state index contributed by atoms with van der Waals surface area (Å²) in [6, 6.07) is 10.2. The Morgan fingerprint density at radius 1 is 1.27 bits per heavy atom. The Kier molecular flexibility index (Phi) is 5.27. The average Bonchev–Trinajstić information content (AvgIpc) is 3.32. The highest BCUT2D eigenvalue weighted by atomic mass is 16.3. The van der Waals surface area contributed by atoms with Crippen LogP contribution in [0, 0.1) is 25.7 Å². The third-order valence-electron chi connectivity index (χ3n) is 5.69. The van der Waals surface area contributed by atoms with Crippen LogP contribution in [0.1, 0.15) is 54.3 Å². The Morgan fingerprint density at radius 2 is 2.00 bits per heavy atom. The summed E-state index contributed by atoms with van der Waals surface area (Å²) < 4.78 is 1.56. The number of likely N-dealkylation sites (tertiary alicyclic amines) is 1. The first-order chi connectivity index (χ1) is 14.2. The number of aromatic nitrogens is 3. The topological polar surface area (TPSA) is 73.6 Å². The molecule has 0 bridgehead atoms. The van der Waals surface area contributed by atoms with Crippen molar-refractivity contribution in [3.63, 3.8) is 0 Å². The van der Waals surface area contributed by atoms with Crippen molar-refractivity contribution in [1.29, 1.82) is 0 Å². The maximum absolute atomic E-state index is 12.5. The van der Waals surface area contributed by atoms with Gasteiger partial charge in [0.05, 0.1) is 0 Å². The van der Waals surface area contributed by atoms with E-state index in [-0.39, 0.29) is 5.56 Å². The molecule has 1 aliphatic heterocycles. The van der Waals surface area contributed by atoms with Gasteiger partial charge >= 0.3 is 0 Å². The molecule has 2 aromatic heterocycles. The molecule has 2 N–H and O–H groups in total. The molecule has 1 saturated heterocycles. The van der Waals surface area contributed by atoms with Gasteiger partial charge in [-0.25, -0.2) is 9.50 Å². The van der Waals surface area contributed by atoms with Gasteiger partial charge in [-0.1, -0.05) is 24.0 Å². The van der Waals surface area contributed by atoms with Gasteiger partial charge in [-0.05, 0) is 58.4 Å². The largest absolute Gasteiger partial charge is 0.378 e. The molecule has 1 unspecified atom stereocenters. The summed E-state index contributed by atoms with van der Waals surface area (Å²) in [4.78, 5) is 19.4. The van der Waals surface area contributed by atoms with Crippen LogP contribution in [0.4, 0.5) is 0 Å². The lowest BCUT2D eigenvalue weighted by Crippen LogP contribution is -2.20. The maximum Gasteiger partial charge on any atom is 0.275 e. The van der Waals surface area contributed by atoms with Crippen LogP contribution in [0.3, 0.4) is 0 Å².